The maximum atomic E-state index is 13.0. The third-order valence-corrected chi connectivity index (χ3v) is 8.32. The molecule has 1 unspecified atom stereocenters. The van der Waals surface area contributed by atoms with Gasteiger partial charge in [-0.3, -0.25) is 9.69 Å². The molecule has 0 spiro atoms. The fourth-order valence-corrected chi connectivity index (χ4v) is 6.03. The molecule has 0 radical (unpaired) electrons. The molecule has 0 bridgehead atoms. The van der Waals surface area contributed by atoms with Crippen molar-refractivity contribution in [1.29, 1.82) is 0 Å². The van der Waals surface area contributed by atoms with Gasteiger partial charge >= 0.3 is 0 Å². The number of halogens is 1. The minimum absolute atomic E-state index is 0.0990. The zero-order valence-corrected chi connectivity index (χ0v) is 20.2. The number of nitrogens with zero attached hydrogens (tertiary/aromatic N) is 2. The smallest absolute Gasteiger partial charge is 0.252 e. The van der Waals surface area contributed by atoms with E-state index < -0.39 is 15.9 Å². The Labute approximate surface area is 200 Å². The lowest BCUT2D eigenvalue weighted by Crippen LogP contribution is -2.47. The average Bonchev–Trinajstić information content (AvgIpc) is 2.84. The van der Waals surface area contributed by atoms with Crippen molar-refractivity contribution >= 4 is 27.5 Å². The molecule has 1 N–H and O–H groups in total. The van der Waals surface area contributed by atoms with Gasteiger partial charge in [0, 0.05) is 39.3 Å². The number of carbonyl (C=O) groups excluding carboxylic acids is 1. The lowest BCUT2D eigenvalue weighted by Gasteiger charge is -2.33. The van der Waals surface area contributed by atoms with Crippen molar-refractivity contribution in [3.8, 4) is 0 Å². The largest absolute Gasteiger partial charge is 0.374 e. The summed E-state index contributed by atoms with van der Waals surface area (Å²) in [6.45, 7) is 4.29. The number of rotatable bonds is 7. The molecule has 1 amide bonds. The molecule has 2 aromatic rings. The van der Waals surface area contributed by atoms with E-state index in [-0.39, 0.29) is 21.6 Å². The third-order valence-electron chi connectivity index (χ3n) is 6.10. The highest BCUT2D eigenvalue weighted by Crippen LogP contribution is 2.25. The molecule has 4 rings (SSSR count). The molecule has 2 aromatic carbocycles. The SMILES string of the molecule is O=C(NCC1CN(Cc2ccccc2)CCO1)c1cc(S(=O)(=O)N2CCCCC2)ccc1Cl. The number of piperidine rings is 1. The van der Waals surface area contributed by atoms with Crippen LogP contribution in [0.2, 0.25) is 5.02 Å². The highest BCUT2D eigenvalue weighted by molar-refractivity contribution is 7.89. The highest BCUT2D eigenvalue weighted by Gasteiger charge is 2.28. The molecule has 0 aromatic heterocycles. The summed E-state index contributed by atoms with van der Waals surface area (Å²) in [5.41, 5.74) is 1.40. The average molecular weight is 492 g/mol. The van der Waals surface area contributed by atoms with Crippen LogP contribution in [0, 0.1) is 0 Å². The quantitative estimate of drug-likeness (QED) is 0.643. The predicted octanol–water partition coefficient (Wildman–Crippen LogP) is 3.15. The van der Waals surface area contributed by atoms with Crippen molar-refractivity contribution in [2.75, 3.05) is 39.3 Å². The van der Waals surface area contributed by atoms with E-state index in [0.29, 0.717) is 32.8 Å². The third kappa shape index (κ3) is 6.13. The van der Waals surface area contributed by atoms with E-state index in [4.69, 9.17) is 16.3 Å². The van der Waals surface area contributed by atoms with E-state index >= 15 is 0 Å². The zero-order chi connectivity index (χ0) is 23.3. The standard InChI is InChI=1S/C24H30ClN3O4S/c25-23-10-9-21(33(30,31)28-11-5-2-6-12-28)15-22(23)24(29)26-16-20-18-27(13-14-32-20)17-19-7-3-1-4-8-19/h1,3-4,7-10,15,20H,2,5-6,11-14,16-18H2,(H,26,29). The van der Waals surface area contributed by atoms with Crippen molar-refractivity contribution in [2.45, 2.75) is 36.8 Å². The molecular formula is C24H30ClN3O4S. The van der Waals surface area contributed by atoms with Crippen LogP contribution in [-0.4, -0.2) is 69.0 Å². The number of nitrogens with one attached hydrogen (secondary N) is 1. The van der Waals surface area contributed by atoms with E-state index in [1.807, 2.05) is 18.2 Å². The van der Waals surface area contributed by atoms with Crippen LogP contribution in [0.25, 0.3) is 0 Å². The highest BCUT2D eigenvalue weighted by atomic mass is 35.5. The molecule has 0 saturated carbocycles. The van der Waals surface area contributed by atoms with Crippen LogP contribution in [0.15, 0.2) is 53.4 Å². The summed E-state index contributed by atoms with van der Waals surface area (Å²) in [6, 6.07) is 14.6. The van der Waals surface area contributed by atoms with Gasteiger partial charge in [-0.05, 0) is 36.6 Å². The summed E-state index contributed by atoms with van der Waals surface area (Å²) in [4.78, 5) is 15.3. The van der Waals surface area contributed by atoms with Crippen LogP contribution < -0.4 is 5.32 Å². The lowest BCUT2D eigenvalue weighted by molar-refractivity contribution is -0.0292. The number of amides is 1. The van der Waals surface area contributed by atoms with Gasteiger partial charge in [0.1, 0.15) is 0 Å². The number of carbonyl (C=O) groups is 1. The summed E-state index contributed by atoms with van der Waals surface area (Å²) >= 11 is 6.25. The normalized spacial score (nSPS) is 20.5. The molecule has 2 saturated heterocycles. The maximum absolute atomic E-state index is 13.0. The Hall–Kier alpha value is -1.97. The minimum Gasteiger partial charge on any atom is -0.374 e. The van der Waals surface area contributed by atoms with E-state index in [9.17, 15) is 13.2 Å². The molecular weight excluding hydrogens is 462 g/mol. The van der Waals surface area contributed by atoms with Crippen molar-refractivity contribution in [1.82, 2.24) is 14.5 Å². The number of hydrogen-bond donors (Lipinski definition) is 1. The number of sulfonamides is 1. The van der Waals surface area contributed by atoms with Gasteiger partial charge in [-0.15, -0.1) is 0 Å². The second-order valence-corrected chi connectivity index (χ2v) is 10.9. The second-order valence-electron chi connectivity index (χ2n) is 8.53. The number of benzene rings is 2. The molecule has 2 heterocycles. The van der Waals surface area contributed by atoms with Crippen LogP contribution in [-0.2, 0) is 21.3 Å². The van der Waals surface area contributed by atoms with E-state index in [0.717, 1.165) is 32.4 Å². The van der Waals surface area contributed by atoms with E-state index in [1.54, 1.807) is 0 Å². The molecule has 178 valence electrons. The van der Waals surface area contributed by atoms with Gasteiger partial charge < -0.3 is 10.1 Å². The lowest BCUT2D eigenvalue weighted by atomic mass is 10.1. The first-order valence-corrected chi connectivity index (χ1v) is 13.2. The Balaban J connectivity index is 1.37. The Morgan fingerprint density at radius 2 is 1.82 bits per heavy atom. The van der Waals surface area contributed by atoms with E-state index in [1.165, 1.54) is 28.1 Å². The molecule has 2 aliphatic heterocycles. The number of hydrogen-bond acceptors (Lipinski definition) is 5. The van der Waals surface area contributed by atoms with Gasteiger partial charge in [0.2, 0.25) is 10.0 Å². The molecule has 1 atom stereocenters. The first kappa shape index (κ1) is 24.2. The van der Waals surface area contributed by atoms with Crippen molar-refractivity contribution in [2.24, 2.45) is 0 Å². The first-order chi connectivity index (χ1) is 15.9. The zero-order valence-electron chi connectivity index (χ0n) is 18.6. The molecule has 9 heteroatoms. The summed E-state index contributed by atoms with van der Waals surface area (Å²) in [5, 5.41) is 3.09. The summed E-state index contributed by atoms with van der Waals surface area (Å²) in [6.07, 6.45) is 2.59. The summed E-state index contributed by atoms with van der Waals surface area (Å²) < 4.78 is 33.3. The van der Waals surface area contributed by atoms with Crippen molar-refractivity contribution in [3.63, 3.8) is 0 Å². The van der Waals surface area contributed by atoms with Crippen LogP contribution in [0.4, 0.5) is 0 Å². The topological polar surface area (TPSA) is 79.0 Å². The van der Waals surface area contributed by atoms with Crippen LogP contribution in [0.3, 0.4) is 0 Å². The Morgan fingerprint density at radius 3 is 2.58 bits per heavy atom. The monoisotopic (exact) mass is 491 g/mol. The molecule has 7 nitrogen and oxygen atoms in total. The Morgan fingerprint density at radius 1 is 1.06 bits per heavy atom. The van der Waals surface area contributed by atoms with Gasteiger partial charge in [0.25, 0.3) is 5.91 Å². The molecule has 2 fully saturated rings. The summed E-state index contributed by atoms with van der Waals surface area (Å²) in [5.74, 6) is -0.403. The molecule has 0 aliphatic carbocycles. The van der Waals surface area contributed by atoms with Gasteiger partial charge in [-0.25, -0.2) is 8.42 Å². The van der Waals surface area contributed by atoms with Crippen molar-refractivity contribution < 1.29 is 17.9 Å². The Bertz CT molecular complexity index is 1060. The first-order valence-electron chi connectivity index (χ1n) is 11.4. The van der Waals surface area contributed by atoms with Gasteiger partial charge in [-0.1, -0.05) is 48.4 Å². The van der Waals surface area contributed by atoms with Gasteiger partial charge in [0.05, 0.1) is 28.2 Å². The molecule has 33 heavy (non-hydrogen) atoms. The number of morpholine rings is 1. The maximum Gasteiger partial charge on any atom is 0.252 e. The fraction of sp³-hybridized carbons (Fsp3) is 0.458. The van der Waals surface area contributed by atoms with Gasteiger partial charge in [0.15, 0.2) is 0 Å². The summed E-state index contributed by atoms with van der Waals surface area (Å²) in [7, 11) is -3.64. The fourth-order valence-electron chi connectivity index (χ4n) is 4.28. The van der Waals surface area contributed by atoms with Crippen LogP contribution in [0.1, 0.15) is 35.2 Å². The van der Waals surface area contributed by atoms with Crippen molar-refractivity contribution in [3.05, 3.63) is 64.7 Å². The minimum atomic E-state index is -3.64. The predicted molar refractivity (Wildman–Crippen MR) is 128 cm³/mol. The van der Waals surface area contributed by atoms with Crippen LogP contribution in [0.5, 0.6) is 0 Å². The van der Waals surface area contributed by atoms with Crippen LogP contribution >= 0.6 is 11.6 Å². The molecule has 2 aliphatic rings. The number of ether oxygens (including phenoxy) is 1. The second kappa shape index (κ2) is 11.0. The van der Waals surface area contributed by atoms with Gasteiger partial charge in [-0.2, -0.15) is 4.31 Å². The van der Waals surface area contributed by atoms with E-state index in [2.05, 4.69) is 22.3 Å². The Kier molecular flexibility index (Phi) is 8.03.